The van der Waals surface area contributed by atoms with Crippen LogP contribution in [0.4, 0.5) is 5.69 Å². The fourth-order valence-corrected chi connectivity index (χ4v) is 1.64. The molecule has 100 valence electrons. The summed E-state index contributed by atoms with van der Waals surface area (Å²) in [4.78, 5) is 8.00. The predicted molar refractivity (Wildman–Crippen MR) is 76.4 cm³/mol. The molecular formula is C13H14BrN3O2. The van der Waals surface area contributed by atoms with E-state index in [1.807, 2.05) is 38.1 Å². The lowest BCUT2D eigenvalue weighted by Gasteiger charge is -2.12. The molecule has 0 radical (unpaired) electrons. The van der Waals surface area contributed by atoms with E-state index >= 15 is 0 Å². The predicted octanol–water partition coefficient (Wildman–Crippen LogP) is 3.40. The van der Waals surface area contributed by atoms with Gasteiger partial charge in [0.2, 0.25) is 11.8 Å². The highest BCUT2D eigenvalue weighted by atomic mass is 79.9. The Hall–Kier alpha value is -1.82. The Bertz CT molecular complexity index is 558. The first kappa shape index (κ1) is 13.6. The highest BCUT2D eigenvalue weighted by Gasteiger charge is 2.12. The molecule has 1 heterocycles. The molecule has 0 spiro atoms. The summed E-state index contributed by atoms with van der Waals surface area (Å²) in [6.45, 7) is 3.80. The van der Waals surface area contributed by atoms with Crippen LogP contribution in [0, 0.1) is 0 Å². The molecule has 2 aromatic rings. The molecule has 0 amide bonds. The van der Waals surface area contributed by atoms with E-state index in [1.165, 1.54) is 6.33 Å². The van der Waals surface area contributed by atoms with Gasteiger partial charge in [-0.1, -0.05) is 15.9 Å². The van der Waals surface area contributed by atoms with E-state index in [0.29, 0.717) is 17.3 Å². The molecule has 1 aromatic carbocycles. The number of hydrogen-bond donors (Lipinski definition) is 1. The molecule has 6 heteroatoms. The number of rotatable bonds is 4. The van der Waals surface area contributed by atoms with Crippen molar-refractivity contribution in [3.05, 3.63) is 35.1 Å². The summed E-state index contributed by atoms with van der Waals surface area (Å²) >= 11 is 3.36. The number of nitrogen functional groups attached to an aromatic ring is 1. The molecule has 0 unspecified atom stereocenters. The van der Waals surface area contributed by atoms with Crippen LogP contribution in [-0.2, 0) is 0 Å². The number of aromatic nitrogens is 2. The summed E-state index contributed by atoms with van der Waals surface area (Å²) in [5, 5.41) is 0. The van der Waals surface area contributed by atoms with E-state index in [0.717, 1.165) is 4.47 Å². The lowest BCUT2D eigenvalue weighted by Crippen LogP contribution is -2.10. The fourth-order valence-electron chi connectivity index (χ4n) is 1.38. The third-order valence-corrected chi connectivity index (χ3v) is 2.71. The lowest BCUT2D eigenvalue weighted by molar-refractivity contribution is 0.233. The van der Waals surface area contributed by atoms with Crippen molar-refractivity contribution in [2.45, 2.75) is 20.0 Å². The van der Waals surface area contributed by atoms with Crippen LogP contribution in [0.3, 0.4) is 0 Å². The van der Waals surface area contributed by atoms with Gasteiger partial charge in [0.25, 0.3) is 0 Å². The number of benzene rings is 1. The van der Waals surface area contributed by atoms with E-state index in [-0.39, 0.29) is 12.0 Å². The van der Waals surface area contributed by atoms with Gasteiger partial charge < -0.3 is 15.2 Å². The molecule has 0 atom stereocenters. The molecular weight excluding hydrogens is 310 g/mol. The number of halogens is 1. The average molecular weight is 324 g/mol. The maximum Gasteiger partial charge on any atom is 0.249 e. The Morgan fingerprint density at radius 3 is 2.37 bits per heavy atom. The Balaban J connectivity index is 2.23. The molecule has 2 rings (SSSR count). The van der Waals surface area contributed by atoms with Crippen LogP contribution in [0.15, 0.2) is 35.1 Å². The lowest BCUT2D eigenvalue weighted by atomic mass is 10.3. The molecule has 5 nitrogen and oxygen atoms in total. The van der Waals surface area contributed by atoms with Crippen molar-refractivity contribution in [2.24, 2.45) is 0 Å². The summed E-state index contributed by atoms with van der Waals surface area (Å²) in [6.07, 6.45) is 1.35. The van der Waals surface area contributed by atoms with Gasteiger partial charge in [0.05, 0.1) is 6.10 Å². The zero-order chi connectivity index (χ0) is 13.8. The molecule has 0 aliphatic heterocycles. The summed E-state index contributed by atoms with van der Waals surface area (Å²) in [5.74, 6) is 1.26. The SMILES string of the molecule is CC(C)Oc1ncnc(Oc2ccc(Br)cc2)c1N. The zero-order valence-corrected chi connectivity index (χ0v) is 12.2. The topological polar surface area (TPSA) is 70.3 Å². The third kappa shape index (κ3) is 3.57. The van der Waals surface area contributed by atoms with Gasteiger partial charge in [-0.2, -0.15) is 9.97 Å². The van der Waals surface area contributed by atoms with Gasteiger partial charge in [-0.3, -0.25) is 0 Å². The molecule has 0 aliphatic rings. The largest absolute Gasteiger partial charge is 0.473 e. The molecule has 1 aromatic heterocycles. The van der Waals surface area contributed by atoms with Crippen molar-refractivity contribution in [3.8, 4) is 17.5 Å². The van der Waals surface area contributed by atoms with E-state index in [2.05, 4.69) is 25.9 Å². The van der Waals surface area contributed by atoms with Crippen molar-refractivity contribution < 1.29 is 9.47 Å². The van der Waals surface area contributed by atoms with Crippen LogP contribution in [0.1, 0.15) is 13.8 Å². The highest BCUT2D eigenvalue weighted by molar-refractivity contribution is 9.10. The Labute approximate surface area is 119 Å². The molecule has 19 heavy (non-hydrogen) atoms. The van der Waals surface area contributed by atoms with Gasteiger partial charge in [-0.25, -0.2) is 0 Å². The maximum absolute atomic E-state index is 5.93. The van der Waals surface area contributed by atoms with E-state index in [1.54, 1.807) is 0 Å². The van der Waals surface area contributed by atoms with E-state index < -0.39 is 0 Å². The van der Waals surface area contributed by atoms with Gasteiger partial charge in [-0.05, 0) is 38.1 Å². The molecule has 2 N–H and O–H groups in total. The standard InChI is InChI=1S/C13H14BrN3O2/c1-8(2)18-12-11(15)13(17-7-16-12)19-10-5-3-9(14)4-6-10/h3-8H,15H2,1-2H3. The number of nitrogens with zero attached hydrogens (tertiary/aromatic N) is 2. The summed E-state index contributed by atoms with van der Waals surface area (Å²) in [6, 6.07) is 7.37. The van der Waals surface area contributed by atoms with Crippen molar-refractivity contribution in [3.63, 3.8) is 0 Å². The van der Waals surface area contributed by atoms with Gasteiger partial charge in [-0.15, -0.1) is 0 Å². The van der Waals surface area contributed by atoms with Crippen molar-refractivity contribution in [1.82, 2.24) is 9.97 Å². The minimum absolute atomic E-state index is 0.0160. The van der Waals surface area contributed by atoms with E-state index in [4.69, 9.17) is 15.2 Å². The third-order valence-electron chi connectivity index (χ3n) is 2.19. The number of ether oxygens (including phenoxy) is 2. The first-order valence-electron chi connectivity index (χ1n) is 5.77. The second-order valence-corrected chi connectivity index (χ2v) is 5.04. The quantitative estimate of drug-likeness (QED) is 0.933. The molecule has 0 aliphatic carbocycles. The fraction of sp³-hybridized carbons (Fsp3) is 0.231. The van der Waals surface area contributed by atoms with Crippen LogP contribution in [0.2, 0.25) is 0 Å². The zero-order valence-electron chi connectivity index (χ0n) is 10.6. The van der Waals surface area contributed by atoms with Gasteiger partial charge in [0, 0.05) is 4.47 Å². The van der Waals surface area contributed by atoms with Crippen LogP contribution in [0.25, 0.3) is 0 Å². The second-order valence-electron chi connectivity index (χ2n) is 4.12. The summed E-state index contributed by atoms with van der Waals surface area (Å²) in [7, 11) is 0. The van der Waals surface area contributed by atoms with Crippen molar-refractivity contribution in [2.75, 3.05) is 5.73 Å². The Kier molecular flexibility index (Phi) is 4.21. The summed E-state index contributed by atoms with van der Waals surface area (Å²) in [5.41, 5.74) is 6.22. The molecule has 0 saturated carbocycles. The molecule has 0 fully saturated rings. The number of nitrogens with two attached hydrogens (primary N) is 1. The Morgan fingerprint density at radius 2 is 1.74 bits per heavy atom. The summed E-state index contributed by atoms with van der Waals surface area (Å²) < 4.78 is 12.1. The van der Waals surface area contributed by atoms with Gasteiger partial charge in [0.15, 0.2) is 5.69 Å². The minimum Gasteiger partial charge on any atom is -0.473 e. The van der Waals surface area contributed by atoms with Crippen molar-refractivity contribution in [1.29, 1.82) is 0 Å². The van der Waals surface area contributed by atoms with Crippen LogP contribution >= 0.6 is 15.9 Å². The maximum atomic E-state index is 5.93. The first-order valence-corrected chi connectivity index (χ1v) is 6.56. The molecule has 0 saturated heterocycles. The Morgan fingerprint density at radius 1 is 1.11 bits per heavy atom. The minimum atomic E-state index is -0.0160. The van der Waals surface area contributed by atoms with Crippen molar-refractivity contribution >= 4 is 21.6 Å². The van der Waals surface area contributed by atoms with Crippen LogP contribution < -0.4 is 15.2 Å². The van der Waals surface area contributed by atoms with Gasteiger partial charge in [0.1, 0.15) is 12.1 Å². The molecule has 0 bridgehead atoms. The number of anilines is 1. The highest BCUT2D eigenvalue weighted by Crippen LogP contribution is 2.31. The monoisotopic (exact) mass is 323 g/mol. The van der Waals surface area contributed by atoms with E-state index in [9.17, 15) is 0 Å². The second kappa shape index (κ2) is 5.88. The number of hydrogen-bond acceptors (Lipinski definition) is 5. The smallest absolute Gasteiger partial charge is 0.249 e. The average Bonchev–Trinajstić information content (AvgIpc) is 2.36. The first-order chi connectivity index (χ1) is 9.06. The normalized spacial score (nSPS) is 10.5. The van der Waals surface area contributed by atoms with Crippen LogP contribution in [-0.4, -0.2) is 16.1 Å². The van der Waals surface area contributed by atoms with Gasteiger partial charge >= 0.3 is 0 Å². The van der Waals surface area contributed by atoms with Crippen LogP contribution in [0.5, 0.6) is 17.5 Å².